The number of aromatic carboxylic acids is 1. The van der Waals surface area contributed by atoms with E-state index in [1.165, 1.54) is 29.0 Å². The predicted octanol–water partition coefficient (Wildman–Crippen LogP) is 1.47. The monoisotopic (exact) mass is 408 g/mol. The van der Waals surface area contributed by atoms with E-state index >= 15 is 0 Å². The third-order valence-electron chi connectivity index (χ3n) is 3.82. The summed E-state index contributed by atoms with van der Waals surface area (Å²) in [7, 11) is 4.40. The van der Waals surface area contributed by atoms with Crippen molar-refractivity contribution < 1.29 is 29.0 Å². The number of anilines is 1. The van der Waals surface area contributed by atoms with Gasteiger partial charge in [-0.25, -0.2) is 9.59 Å². The molecule has 11 heteroatoms. The van der Waals surface area contributed by atoms with Gasteiger partial charge in [0.05, 0.1) is 17.6 Å². The van der Waals surface area contributed by atoms with Crippen molar-refractivity contribution in [3.63, 3.8) is 0 Å². The second-order valence-electron chi connectivity index (χ2n) is 6.02. The molecule has 0 atom stereocenters. The summed E-state index contributed by atoms with van der Waals surface area (Å²) in [5, 5.41) is 15.5. The zero-order chi connectivity index (χ0) is 21.0. The average Bonchev–Trinajstić information content (AvgIpc) is 3.23. The lowest BCUT2D eigenvalue weighted by molar-refractivity contribution is -0.116. The van der Waals surface area contributed by atoms with Crippen LogP contribution in [0.3, 0.4) is 0 Å². The van der Waals surface area contributed by atoms with Crippen molar-refractivity contribution in [2.45, 2.75) is 19.9 Å². The molecule has 0 saturated carbocycles. The number of rotatable bonds is 7. The number of aromatic nitrogens is 2. The van der Waals surface area contributed by atoms with Gasteiger partial charge in [-0.2, -0.15) is 5.10 Å². The maximum atomic E-state index is 12.3. The van der Waals surface area contributed by atoms with Crippen molar-refractivity contribution in [1.29, 1.82) is 0 Å². The number of nitrogens with one attached hydrogen (secondary N) is 1. The van der Waals surface area contributed by atoms with Crippen LogP contribution in [0.1, 0.15) is 42.5 Å². The van der Waals surface area contributed by atoms with E-state index in [4.69, 9.17) is 9.84 Å². The van der Waals surface area contributed by atoms with Gasteiger partial charge in [-0.15, -0.1) is 11.3 Å². The Balaban J connectivity index is 2.17. The van der Waals surface area contributed by atoms with Crippen LogP contribution in [0.4, 0.5) is 5.00 Å². The summed E-state index contributed by atoms with van der Waals surface area (Å²) >= 11 is 1.00. The Bertz CT molecular complexity index is 930. The largest absolute Gasteiger partial charge is 0.476 e. The van der Waals surface area contributed by atoms with E-state index in [2.05, 4.69) is 10.4 Å². The lowest BCUT2D eigenvalue weighted by atomic mass is 10.1. The number of amides is 2. The summed E-state index contributed by atoms with van der Waals surface area (Å²) < 4.78 is 6.11. The van der Waals surface area contributed by atoms with Crippen LogP contribution < -0.4 is 5.32 Å². The van der Waals surface area contributed by atoms with Crippen molar-refractivity contribution in [2.24, 2.45) is 0 Å². The van der Waals surface area contributed by atoms with E-state index < -0.39 is 17.8 Å². The van der Waals surface area contributed by atoms with Crippen molar-refractivity contribution in [3.8, 4) is 0 Å². The normalized spacial score (nSPS) is 10.4. The molecule has 2 aromatic heterocycles. The van der Waals surface area contributed by atoms with Crippen LogP contribution in [0.15, 0.2) is 12.3 Å². The predicted molar refractivity (Wildman–Crippen MR) is 101 cm³/mol. The van der Waals surface area contributed by atoms with Crippen LogP contribution in [0, 0.1) is 6.92 Å². The maximum absolute atomic E-state index is 12.3. The fourth-order valence-corrected chi connectivity index (χ4v) is 3.59. The number of thiophene rings is 1. The molecule has 0 fully saturated rings. The van der Waals surface area contributed by atoms with Crippen molar-refractivity contribution in [1.82, 2.24) is 14.7 Å². The number of carboxylic acid groups (broad SMARTS) is 1. The van der Waals surface area contributed by atoms with Crippen molar-refractivity contribution in [2.75, 3.05) is 26.5 Å². The van der Waals surface area contributed by atoms with E-state index in [1.807, 2.05) is 0 Å². The number of nitrogens with zero attached hydrogens (tertiary/aromatic N) is 3. The van der Waals surface area contributed by atoms with Gasteiger partial charge in [-0.05, 0) is 18.6 Å². The first kappa shape index (κ1) is 21.1. The Kier molecular flexibility index (Phi) is 6.52. The molecule has 2 aromatic rings. The SMILES string of the molecule is COC(=O)c1c(NC(=O)CCn2ccc(C(=O)O)n2)sc(C(=O)N(C)C)c1C. The second kappa shape index (κ2) is 8.65. The number of aryl methyl sites for hydroxylation is 1. The number of hydrogen-bond donors (Lipinski definition) is 2. The molecule has 0 bridgehead atoms. The zero-order valence-electron chi connectivity index (χ0n) is 15.8. The molecular formula is C17H20N4O6S. The molecule has 2 N–H and O–H groups in total. The lowest BCUT2D eigenvalue weighted by Gasteiger charge is -2.08. The number of esters is 1. The fourth-order valence-electron chi connectivity index (χ4n) is 2.36. The van der Waals surface area contributed by atoms with Gasteiger partial charge in [0, 0.05) is 33.3 Å². The molecule has 0 aliphatic rings. The quantitative estimate of drug-likeness (QED) is 0.663. The number of ether oxygens (including phenoxy) is 1. The molecule has 0 spiro atoms. The summed E-state index contributed by atoms with van der Waals surface area (Å²) in [5.74, 6) is -2.51. The highest BCUT2D eigenvalue weighted by Crippen LogP contribution is 2.34. The molecule has 0 aromatic carbocycles. The summed E-state index contributed by atoms with van der Waals surface area (Å²) in [6.45, 7) is 1.77. The first-order valence-corrected chi connectivity index (χ1v) is 8.97. The topological polar surface area (TPSA) is 131 Å². The molecule has 0 radical (unpaired) electrons. The number of carbonyl (C=O) groups excluding carboxylic acids is 3. The Morgan fingerprint density at radius 2 is 2.00 bits per heavy atom. The maximum Gasteiger partial charge on any atom is 0.356 e. The van der Waals surface area contributed by atoms with Gasteiger partial charge in [-0.1, -0.05) is 0 Å². The van der Waals surface area contributed by atoms with Crippen molar-refractivity contribution >= 4 is 40.1 Å². The molecule has 2 rings (SSSR count). The molecule has 28 heavy (non-hydrogen) atoms. The number of carbonyl (C=O) groups is 4. The third kappa shape index (κ3) is 4.55. The molecule has 10 nitrogen and oxygen atoms in total. The highest BCUT2D eigenvalue weighted by atomic mass is 32.1. The molecule has 0 saturated heterocycles. The highest BCUT2D eigenvalue weighted by Gasteiger charge is 2.27. The minimum absolute atomic E-state index is 0.00470. The molecule has 0 unspecified atom stereocenters. The molecule has 150 valence electrons. The minimum Gasteiger partial charge on any atom is -0.476 e. The number of carboxylic acids is 1. The van der Waals surface area contributed by atoms with Crippen molar-refractivity contribution in [3.05, 3.63) is 34.0 Å². The van der Waals surface area contributed by atoms with Crippen LogP contribution in [-0.4, -0.2) is 64.7 Å². The van der Waals surface area contributed by atoms with Crippen LogP contribution in [0.2, 0.25) is 0 Å². The standard InChI is InChI=1S/C17H20N4O6S/c1-9-12(17(26)27-4)14(28-13(9)15(23)20(2)3)18-11(22)6-8-21-7-5-10(19-21)16(24)25/h5,7H,6,8H2,1-4H3,(H,18,22)(H,24,25). The van der Waals surface area contributed by atoms with Gasteiger partial charge in [0.2, 0.25) is 5.91 Å². The van der Waals surface area contributed by atoms with Gasteiger partial charge in [0.25, 0.3) is 5.91 Å². The second-order valence-corrected chi connectivity index (χ2v) is 7.04. The smallest absolute Gasteiger partial charge is 0.356 e. The van der Waals surface area contributed by atoms with Gasteiger partial charge in [0.1, 0.15) is 5.00 Å². The third-order valence-corrected chi connectivity index (χ3v) is 5.01. The minimum atomic E-state index is -1.15. The Hall–Kier alpha value is -3.21. The van der Waals surface area contributed by atoms with E-state index in [1.54, 1.807) is 21.0 Å². The van der Waals surface area contributed by atoms with E-state index in [0.29, 0.717) is 10.4 Å². The van der Waals surface area contributed by atoms with Gasteiger partial charge < -0.3 is 20.1 Å². The van der Waals surface area contributed by atoms with Crippen LogP contribution in [-0.2, 0) is 16.1 Å². The Labute approximate surface area is 164 Å². The van der Waals surface area contributed by atoms with E-state index in [-0.39, 0.29) is 35.1 Å². The fraction of sp³-hybridized carbons (Fsp3) is 0.353. The van der Waals surface area contributed by atoms with Gasteiger partial charge in [-0.3, -0.25) is 14.3 Å². The molecule has 0 aliphatic carbocycles. The molecule has 0 aliphatic heterocycles. The Morgan fingerprint density at radius 1 is 1.32 bits per heavy atom. The van der Waals surface area contributed by atoms with Crippen LogP contribution in [0.25, 0.3) is 0 Å². The first-order valence-electron chi connectivity index (χ1n) is 8.15. The van der Waals surface area contributed by atoms with Gasteiger partial charge >= 0.3 is 11.9 Å². The molecule has 2 heterocycles. The summed E-state index contributed by atoms with van der Waals surface area (Å²) in [6.07, 6.45) is 1.45. The first-order chi connectivity index (χ1) is 13.1. The van der Waals surface area contributed by atoms with Crippen LogP contribution >= 0.6 is 11.3 Å². The molecule has 2 amide bonds. The number of hydrogen-bond acceptors (Lipinski definition) is 7. The van der Waals surface area contributed by atoms with E-state index in [9.17, 15) is 19.2 Å². The summed E-state index contributed by atoms with van der Waals surface area (Å²) in [5.41, 5.74) is 0.455. The Morgan fingerprint density at radius 3 is 2.54 bits per heavy atom. The summed E-state index contributed by atoms with van der Waals surface area (Å²) in [6, 6.07) is 1.33. The average molecular weight is 408 g/mol. The highest BCUT2D eigenvalue weighted by molar-refractivity contribution is 7.18. The van der Waals surface area contributed by atoms with Gasteiger partial charge in [0.15, 0.2) is 5.69 Å². The lowest BCUT2D eigenvalue weighted by Crippen LogP contribution is -2.21. The summed E-state index contributed by atoms with van der Waals surface area (Å²) in [4.78, 5) is 49.3. The zero-order valence-corrected chi connectivity index (χ0v) is 16.6. The van der Waals surface area contributed by atoms with E-state index in [0.717, 1.165) is 11.3 Å². The number of methoxy groups -OCH3 is 1. The molecular weight excluding hydrogens is 388 g/mol. The van der Waals surface area contributed by atoms with Crippen LogP contribution in [0.5, 0.6) is 0 Å².